The molecule has 0 aliphatic heterocycles. The number of hydrogen-bond donors (Lipinski definition) is 1. The first kappa shape index (κ1) is 12.9. The Morgan fingerprint density at radius 2 is 1.82 bits per heavy atom. The van der Waals surface area contributed by atoms with Crippen LogP contribution >= 0.6 is 34.2 Å². The van der Waals surface area contributed by atoms with Gasteiger partial charge in [-0.1, -0.05) is 35.9 Å². The molecule has 1 N–H and O–H groups in total. The number of benzene rings is 2. The molecule has 2 rings (SSSR count). The second kappa shape index (κ2) is 5.85. The standard InChI is InChI=1S/C14H12ClIO/c15-12-3-1-2-11(9-12)14(17)8-10-4-6-13(16)7-5-10/h1-7,9,14,17H,8H2. The zero-order valence-corrected chi connectivity index (χ0v) is 12.0. The van der Waals surface area contributed by atoms with E-state index in [9.17, 15) is 5.11 Å². The van der Waals surface area contributed by atoms with Gasteiger partial charge >= 0.3 is 0 Å². The van der Waals surface area contributed by atoms with Crippen LogP contribution in [0.4, 0.5) is 0 Å². The van der Waals surface area contributed by atoms with Crippen LogP contribution in [0, 0.1) is 3.57 Å². The molecule has 1 atom stereocenters. The third kappa shape index (κ3) is 3.69. The van der Waals surface area contributed by atoms with E-state index in [1.54, 1.807) is 6.07 Å². The van der Waals surface area contributed by atoms with Gasteiger partial charge in [-0.25, -0.2) is 0 Å². The summed E-state index contributed by atoms with van der Waals surface area (Å²) in [6.45, 7) is 0. The van der Waals surface area contributed by atoms with E-state index in [1.165, 1.54) is 3.57 Å². The number of halogens is 2. The number of rotatable bonds is 3. The van der Waals surface area contributed by atoms with Gasteiger partial charge in [-0.3, -0.25) is 0 Å². The van der Waals surface area contributed by atoms with Crippen LogP contribution in [0.1, 0.15) is 17.2 Å². The van der Waals surface area contributed by atoms with Crippen LogP contribution in [0.3, 0.4) is 0 Å². The molecule has 2 aromatic carbocycles. The molecule has 0 radical (unpaired) electrons. The Labute approximate surface area is 120 Å². The summed E-state index contributed by atoms with van der Waals surface area (Å²) >= 11 is 8.17. The SMILES string of the molecule is OC(Cc1ccc(I)cc1)c1cccc(Cl)c1. The summed E-state index contributed by atoms with van der Waals surface area (Å²) in [7, 11) is 0. The highest BCUT2D eigenvalue weighted by molar-refractivity contribution is 14.1. The highest BCUT2D eigenvalue weighted by Crippen LogP contribution is 2.21. The number of aliphatic hydroxyl groups is 1. The van der Waals surface area contributed by atoms with Crippen molar-refractivity contribution < 1.29 is 5.11 Å². The van der Waals surface area contributed by atoms with Crippen LogP contribution in [0.2, 0.25) is 5.02 Å². The third-order valence-corrected chi connectivity index (χ3v) is 3.53. The van der Waals surface area contributed by atoms with E-state index in [-0.39, 0.29) is 0 Å². The second-order valence-electron chi connectivity index (χ2n) is 3.90. The Hall–Kier alpha value is -0.580. The lowest BCUT2D eigenvalue weighted by Crippen LogP contribution is -2.01. The van der Waals surface area contributed by atoms with E-state index in [0.29, 0.717) is 11.4 Å². The summed E-state index contributed by atoms with van der Waals surface area (Å²) in [4.78, 5) is 0. The molecular weight excluding hydrogens is 347 g/mol. The molecule has 0 aromatic heterocycles. The lowest BCUT2D eigenvalue weighted by atomic mass is 10.0. The first-order valence-electron chi connectivity index (χ1n) is 5.33. The predicted molar refractivity (Wildman–Crippen MR) is 79.3 cm³/mol. The molecule has 3 heteroatoms. The maximum absolute atomic E-state index is 10.1. The van der Waals surface area contributed by atoms with Gasteiger partial charge in [0.25, 0.3) is 0 Å². The lowest BCUT2D eigenvalue weighted by molar-refractivity contribution is 0.178. The van der Waals surface area contributed by atoms with E-state index in [1.807, 2.05) is 42.5 Å². The summed E-state index contributed by atoms with van der Waals surface area (Å²) in [5, 5.41) is 10.8. The Balaban J connectivity index is 2.11. The lowest BCUT2D eigenvalue weighted by Gasteiger charge is -2.11. The molecule has 0 heterocycles. The molecule has 88 valence electrons. The Kier molecular flexibility index (Phi) is 4.42. The van der Waals surface area contributed by atoms with E-state index < -0.39 is 6.10 Å². The fourth-order valence-corrected chi connectivity index (χ4v) is 2.23. The van der Waals surface area contributed by atoms with Crippen LogP contribution in [-0.4, -0.2) is 5.11 Å². The number of hydrogen-bond acceptors (Lipinski definition) is 1. The molecule has 0 saturated heterocycles. The topological polar surface area (TPSA) is 20.2 Å². The van der Waals surface area contributed by atoms with Crippen LogP contribution in [0.25, 0.3) is 0 Å². The van der Waals surface area contributed by atoms with E-state index >= 15 is 0 Å². The van der Waals surface area contributed by atoms with Gasteiger partial charge in [0.15, 0.2) is 0 Å². The van der Waals surface area contributed by atoms with Crippen molar-refractivity contribution in [1.82, 2.24) is 0 Å². The largest absolute Gasteiger partial charge is 0.388 e. The molecule has 0 bridgehead atoms. The van der Waals surface area contributed by atoms with Gasteiger partial charge in [0.05, 0.1) is 6.10 Å². The summed E-state index contributed by atoms with van der Waals surface area (Å²) in [5.41, 5.74) is 1.98. The van der Waals surface area contributed by atoms with Gasteiger partial charge in [0, 0.05) is 15.0 Å². The van der Waals surface area contributed by atoms with Crippen molar-refractivity contribution in [3.05, 3.63) is 68.3 Å². The monoisotopic (exact) mass is 358 g/mol. The van der Waals surface area contributed by atoms with Crippen LogP contribution in [-0.2, 0) is 6.42 Å². The van der Waals surface area contributed by atoms with Gasteiger partial charge in [0.2, 0.25) is 0 Å². The molecule has 1 unspecified atom stereocenters. The second-order valence-corrected chi connectivity index (χ2v) is 5.58. The van der Waals surface area contributed by atoms with E-state index in [0.717, 1.165) is 11.1 Å². The minimum Gasteiger partial charge on any atom is -0.388 e. The summed E-state index contributed by atoms with van der Waals surface area (Å²) in [6.07, 6.45) is 0.103. The fraction of sp³-hybridized carbons (Fsp3) is 0.143. The molecule has 0 spiro atoms. The van der Waals surface area contributed by atoms with Gasteiger partial charge in [-0.15, -0.1) is 0 Å². The van der Waals surface area contributed by atoms with E-state index in [4.69, 9.17) is 11.6 Å². The van der Waals surface area contributed by atoms with Crippen molar-refractivity contribution in [2.24, 2.45) is 0 Å². The van der Waals surface area contributed by atoms with Crippen molar-refractivity contribution in [3.63, 3.8) is 0 Å². The van der Waals surface area contributed by atoms with E-state index in [2.05, 4.69) is 22.6 Å². The smallest absolute Gasteiger partial charge is 0.0830 e. The Morgan fingerprint density at radius 3 is 2.47 bits per heavy atom. The summed E-state index contributed by atoms with van der Waals surface area (Å²) in [5.74, 6) is 0. The fourth-order valence-electron chi connectivity index (χ4n) is 1.68. The van der Waals surface area contributed by atoms with Gasteiger partial charge < -0.3 is 5.11 Å². The Bertz CT molecular complexity index is 496. The quantitative estimate of drug-likeness (QED) is 0.815. The van der Waals surface area contributed by atoms with Crippen LogP contribution in [0.5, 0.6) is 0 Å². The predicted octanol–water partition coefficient (Wildman–Crippen LogP) is 4.22. The molecule has 0 aliphatic rings. The normalized spacial score (nSPS) is 12.4. The molecular formula is C14H12ClIO. The number of aliphatic hydroxyl groups excluding tert-OH is 1. The third-order valence-electron chi connectivity index (χ3n) is 2.58. The molecule has 0 fully saturated rings. The molecule has 17 heavy (non-hydrogen) atoms. The summed E-state index contributed by atoms with van der Waals surface area (Å²) < 4.78 is 1.20. The average molecular weight is 359 g/mol. The zero-order chi connectivity index (χ0) is 12.3. The Morgan fingerprint density at radius 1 is 1.12 bits per heavy atom. The first-order valence-corrected chi connectivity index (χ1v) is 6.79. The summed E-state index contributed by atoms with van der Waals surface area (Å²) in [6, 6.07) is 15.5. The maximum atomic E-state index is 10.1. The molecule has 0 amide bonds. The molecule has 0 saturated carbocycles. The first-order chi connectivity index (χ1) is 8.15. The van der Waals surface area contributed by atoms with Gasteiger partial charge in [0.1, 0.15) is 0 Å². The van der Waals surface area contributed by atoms with Gasteiger partial charge in [-0.05, 0) is 58.0 Å². The van der Waals surface area contributed by atoms with Crippen molar-refractivity contribution in [2.75, 3.05) is 0 Å². The van der Waals surface area contributed by atoms with Crippen LogP contribution < -0.4 is 0 Å². The maximum Gasteiger partial charge on any atom is 0.0830 e. The zero-order valence-electron chi connectivity index (χ0n) is 9.11. The van der Waals surface area contributed by atoms with Crippen molar-refractivity contribution in [3.8, 4) is 0 Å². The van der Waals surface area contributed by atoms with Gasteiger partial charge in [-0.2, -0.15) is 0 Å². The molecule has 1 nitrogen and oxygen atoms in total. The minimum atomic E-state index is -0.506. The molecule has 0 aliphatic carbocycles. The van der Waals surface area contributed by atoms with Crippen molar-refractivity contribution in [2.45, 2.75) is 12.5 Å². The highest BCUT2D eigenvalue weighted by Gasteiger charge is 2.08. The van der Waals surface area contributed by atoms with Crippen molar-refractivity contribution in [1.29, 1.82) is 0 Å². The van der Waals surface area contributed by atoms with Crippen molar-refractivity contribution >= 4 is 34.2 Å². The highest BCUT2D eigenvalue weighted by atomic mass is 127. The minimum absolute atomic E-state index is 0.506. The van der Waals surface area contributed by atoms with Crippen LogP contribution in [0.15, 0.2) is 48.5 Å². The average Bonchev–Trinajstić information content (AvgIpc) is 2.32. The molecule has 2 aromatic rings.